The van der Waals surface area contributed by atoms with Gasteiger partial charge in [0.25, 0.3) is 0 Å². The van der Waals surface area contributed by atoms with Crippen LogP contribution >= 0.6 is 11.8 Å². The summed E-state index contributed by atoms with van der Waals surface area (Å²) in [6, 6.07) is 0.199. The van der Waals surface area contributed by atoms with E-state index in [0.717, 1.165) is 12.4 Å². The summed E-state index contributed by atoms with van der Waals surface area (Å²) >= 11 is 2.03. The van der Waals surface area contributed by atoms with Crippen LogP contribution < -0.4 is 5.32 Å². The highest BCUT2D eigenvalue weighted by molar-refractivity contribution is 8.00. The van der Waals surface area contributed by atoms with Gasteiger partial charge in [0, 0.05) is 4.75 Å². The first kappa shape index (κ1) is 11.9. The molecule has 6 heteroatoms. The first-order chi connectivity index (χ1) is 7.64. The van der Waals surface area contributed by atoms with Gasteiger partial charge in [0.1, 0.15) is 0 Å². The molecule has 5 nitrogen and oxygen atoms in total. The molecule has 0 radical (unpaired) electrons. The molecule has 1 saturated heterocycles. The smallest absolute Gasteiger partial charge is 0.167 e. The van der Waals surface area contributed by atoms with Crippen molar-refractivity contribution in [1.29, 1.82) is 0 Å². The van der Waals surface area contributed by atoms with Crippen LogP contribution in [0.15, 0.2) is 0 Å². The van der Waals surface area contributed by atoms with Gasteiger partial charge in [0.05, 0.1) is 12.6 Å². The third-order valence-corrected chi connectivity index (χ3v) is 4.69. The van der Waals surface area contributed by atoms with E-state index in [-0.39, 0.29) is 6.04 Å². The van der Waals surface area contributed by atoms with Crippen molar-refractivity contribution in [1.82, 2.24) is 25.5 Å². The van der Waals surface area contributed by atoms with E-state index < -0.39 is 0 Å². The molecular formula is C10H19N5S. The summed E-state index contributed by atoms with van der Waals surface area (Å²) in [6.07, 6.45) is 2.56. The summed E-state index contributed by atoms with van der Waals surface area (Å²) in [5.74, 6) is 2.19. The van der Waals surface area contributed by atoms with Crippen molar-refractivity contribution in [2.75, 3.05) is 12.8 Å². The van der Waals surface area contributed by atoms with Gasteiger partial charge >= 0.3 is 0 Å². The molecule has 0 aliphatic carbocycles. The van der Waals surface area contributed by atoms with Crippen LogP contribution in [-0.2, 0) is 6.54 Å². The Hall–Kier alpha value is -0.620. The molecule has 1 fully saturated rings. The molecule has 1 aromatic rings. The fourth-order valence-corrected chi connectivity index (χ4v) is 3.33. The Bertz CT molecular complexity index is 345. The van der Waals surface area contributed by atoms with Crippen molar-refractivity contribution in [2.45, 2.75) is 44.0 Å². The molecule has 0 saturated carbocycles. The Labute approximate surface area is 100 Å². The molecule has 0 aromatic carbocycles. The summed E-state index contributed by atoms with van der Waals surface area (Å²) in [5.41, 5.74) is 0. The van der Waals surface area contributed by atoms with E-state index in [4.69, 9.17) is 0 Å². The first-order valence-corrected chi connectivity index (χ1v) is 6.70. The van der Waals surface area contributed by atoms with Gasteiger partial charge in [0.2, 0.25) is 0 Å². The van der Waals surface area contributed by atoms with E-state index in [1.807, 2.05) is 23.5 Å². The average Bonchev–Trinajstić information content (AvgIpc) is 2.87. The number of rotatable bonds is 4. The molecule has 16 heavy (non-hydrogen) atoms. The van der Waals surface area contributed by atoms with Gasteiger partial charge in [-0.25, -0.2) is 4.68 Å². The molecule has 0 amide bonds. The number of nitrogens with zero attached hydrogens (tertiary/aromatic N) is 4. The Balaban J connectivity index is 2.12. The SMILES string of the molecule is CNC(C)c1nnnn1CC1(C)CCCS1. The van der Waals surface area contributed by atoms with Crippen LogP contribution in [0.2, 0.25) is 0 Å². The van der Waals surface area contributed by atoms with Gasteiger partial charge < -0.3 is 5.32 Å². The number of aromatic nitrogens is 4. The van der Waals surface area contributed by atoms with Gasteiger partial charge in [-0.1, -0.05) is 0 Å². The van der Waals surface area contributed by atoms with Crippen LogP contribution in [-0.4, -0.2) is 37.8 Å². The normalized spacial score (nSPS) is 27.2. The molecule has 2 atom stereocenters. The van der Waals surface area contributed by atoms with Gasteiger partial charge in [-0.3, -0.25) is 0 Å². The van der Waals surface area contributed by atoms with Crippen LogP contribution in [0.25, 0.3) is 0 Å². The van der Waals surface area contributed by atoms with E-state index in [1.165, 1.54) is 18.6 Å². The van der Waals surface area contributed by atoms with E-state index >= 15 is 0 Å². The van der Waals surface area contributed by atoms with Crippen molar-refractivity contribution in [2.24, 2.45) is 0 Å². The minimum absolute atomic E-state index is 0.199. The summed E-state index contributed by atoms with van der Waals surface area (Å²) in [4.78, 5) is 0. The maximum Gasteiger partial charge on any atom is 0.167 e. The standard InChI is InChI=1S/C10H19N5S/c1-8(11-3)9-12-13-14-15(9)7-10(2)5-4-6-16-10/h8,11H,4-7H2,1-3H3. The van der Waals surface area contributed by atoms with Crippen molar-refractivity contribution < 1.29 is 0 Å². The second-order valence-electron chi connectivity index (χ2n) is 4.61. The quantitative estimate of drug-likeness (QED) is 0.859. The van der Waals surface area contributed by atoms with Crippen LogP contribution in [0.1, 0.15) is 38.6 Å². The number of hydrogen-bond acceptors (Lipinski definition) is 5. The minimum atomic E-state index is 0.199. The highest BCUT2D eigenvalue weighted by atomic mass is 32.2. The third-order valence-electron chi connectivity index (χ3n) is 3.16. The molecule has 2 unspecified atom stereocenters. The largest absolute Gasteiger partial charge is 0.311 e. The van der Waals surface area contributed by atoms with Gasteiger partial charge in [-0.2, -0.15) is 11.8 Å². The maximum atomic E-state index is 4.10. The van der Waals surface area contributed by atoms with Gasteiger partial charge in [-0.05, 0) is 49.9 Å². The van der Waals surface area contributed by atoms with Crippen molar-refractivity contribution in [3.63, 3.8) is 0 Å². The van der Waals surface area contributed by atoms with Crippen LogP contribution in [0.5, 0.6) is 0 Å². The van der Waals surface area contributed by atoms with Gasteiger partial charge in [-0.15, -0.1) is 5.10 Å². The zero-order chi connectivity index (χ0) is 11.6. The molecule has 1 aliphatic rings. The number of hydrogen-bond donors (Lipinski definition) is 1. The summed E-state index contributed by atoms with van der Waals surface area (Å²) in [6.45, 7) is 5.29. The first-order valence-electron chi connectivity index (χ1n) is 5.72. The van der Waals surface area contributed by atoms with Crippen molar-refractivity contribution in [3.8, 4) is 0 Å². The predicted octanol–water partition coefficient (Wildman–Crippen LogP) is 1.24. The molecule has 2 rings (SSSR count). The molecule has 0 bridgehead atoms. The zero-order valence-corrected chi connectivity index (χ0v) is 10.9. The second-order valence-corrected chi connectivity index (χ2v) is 6.29. The van der Waals surface area contributed by atoms with E-state index in [1.54, 1.807) is 0 Å². The lowest BCUT2D eigenvalue weighted by Crippen LogP contribution is -2.28. The van der Waals surface area contributed by atoms with E-state index in [0.29, 0.717) is 4.75 Å². The molecule has 1 aliphatic heterocycles. The Kier molecular flexibility index (Phi) is 3.49. The van der Waals surface area contributed by atoms with Crippen LogP contribution in [0.4, 0.5) is 0 Å². The summed E-state index contributed by atoms with van der Waals surface area (Å²) in [5, 5.41) is 15.1. The van der Waals surface area contributed by atoms with E-state index in [9.17, 15) is 0 Å². The summed E-state index contributed by atoms with van der Waals surface area (Å²) in [7, 11) is 1.93. The second kappa shape index (κ2) is 4.71. The van der Waals surface area contributed by atoms with Crippen molar-refractivity contribution >= 4 is 11.8 Å². The topological polar surface area (TPSA) is 55.6 Å². The Morgan fingerprint density at radius 2 is 2.44 bits per heavy atom. The monoisotopic (exact) mass is 241 g/mol. The Morgan fingerprint density at radius 3 is 3.06 bits per heavy atom. The summed E-state index contributed by atoms with van der Waals surface area (Å²) < 4.78 is 2.25. The molecule has 1 N–H and O–H groups in total. The number of tetrazole rings is 1. The highest BCUT2D eigenvalue weighted by Gasteiger charge is 2.31. The molecule has 0 spiro atoms. The van der Waals surface area contributed by atoms with Crippen LogP contribution in [0, 0.1) is 0 Å². The highest BCUT2D eigenvalue weighted by Crippen LogP contribution is 2.39. The van der Waals surface area contributed by atoms with Crippen LogP contribution in [0.3, 0.4) is 0 Å². The fourth-order valence-electron chi connectivity index (χ4n) is 2.04. The minimum Gasteiger partial charge on any atom is -0.311 e. The molecule has 2 heterocycles. The lowest BCUT2D eigenvalue weighted by atomic mass is 10.1. The number of nitrogens with one attached hydrogen (secondary N) is 1. The molecular weight excluding hydrogens is 222 g/mol. The molecule has 90 valence electrons. The third kappa shape index (κ3) is 2.38. The molecule has 1 aromatic heterocycles. The fraction of sp³-hybridized carbons (Fsp3) is 0.900. The maximum absolute atomic E-state index is 4.10. The lowest BCUT2D eigenvalue weighted by molar-refractivity contribution is 0.437. The van der Waals surface area contributed by atoms with Crippen molar-refractivity contribution in [3.05, 3.63) is 5.82 Å². The number of thioether (sulfide) groups is 1. The Morgan fingerprint density at radius 1 is 1.62 bits per heavy atom. The van der Waals surface area contributed by atoms with Gasteiger partial charge in [0.15, 0.2) is 5.82 Å². The zero-order valence-electron chi connectivity index (χ0n) is 10.1. The van der Waals surface area contributed by atoms with E-state index in [2.05, 4.69) is 34.7 Å². The predicted molar refractivity (Wildman–Crippen MR) is 65.4 cm³/mol. The average molecular weight is 241 g/mol. The lowest BCUT2D eigenvalue weighted by Gasteiger charge is -2.23.